The van der Waals surface area contributed by atoms with E-state index in [2.05, 4.69) is 46.8 Å². The number of aliphatic carboxylic acids is 1. The molecule has 5 nitrogen and oxygen atoms in total. The number of nitrogens with zero attached hydrogens (tertiary/aromatic N) is 1. The molecule has 3 aliphatic heterocycles. The Bertz CT molecular complexity index is 744. The number of carboxylic acids is 1. The maximum absolute atomic E-state index is 13.0. The van der Waals surface area contributed by atoms with Crippen LogP contribution < -0.4 is 5.11 Å². The molecule has 0 N–H and O–H groups in total. The third-order valence-electron chi connectivity index (χ3n) is 6.16. The summed E-state index contributed by atoms with van der Waals surface area (Å²) in [6.07, 6.45) is 10.6. The van der Waals surface area contributed by atoms with Gasteiger partial charge in [0.05, 0.1) is 18.6 Å². The van der Waals surface area contributed by atoms with Crippen LogP contribution in [0.5, 0.6) is 0 Å². The second-order valence-electron chi connectivity index (χ2n) is 9.65. The van der Waals surface area contributed by atoms with Gasteiger partial charge in [-0.3, -0.25) is 4.79 Å². The van der Waals surface area contributed by atoms with Crippen LogP contribution in [-0.4, -0.2) is 41.6 Å². The fraction of sp³-hybridized carbons (Fsp3) is 0.652. The van der Waals surface area contributed by atoms with Crippen LogP contribution in [0.15, 0.2) is 35.5 Å². The molecule has 0 aromatic carbocycles. The van der Waals surface area contributed by atoms with Crippen molar-refractivity contribution in [3.05, 3.63) is 35.5 Å². The Hall–Kier alpha value is -1.88. The first-order valence-corrected chi connectivity index (χ1v) is 10.2. The summed E-state index contributed by atoms with van der Waals surface area (Å²) in [5.41, 5.74) is 1.82. The van der Waals surface area contributed by atoms with E-state index in [1.807, 2.05) is 6.08 Å². The molecule has 2 fully saturated rings. The molecule has 5 heteroatoms. The lowest BCUT2D eigenvalue weighted by Crippen LogP contribution is -2.45. The number of fused-ring (bicyclic) bond motifs is 1. The molecule has 0 aliphatic carbocycles. The number of hydrogen-bond donors (Lipinski definition) is 0. The van der Waals surface area contributed by atoms with Crippen LogP contribution in [0.1, 0.15) is 53.9 Å². The maximum Gasteiger partial charge on any atom is 0.229 e. The number of carboxylic acid groups (broad SMARTS) is 1. The Labute approximate surface area is 168 Å². The van der Waals surface area contributed by atoms with E-state index in [1.54, 1.807) is 11.0 Å². The number of likely N-dealkylation sites (tertiary alicyclic amines) is 1. The molecule has 3 heterocycles. The van der Waals surface area contributed by atoms with E-state index in [4.69, 9.17) is 4.74 Å². The average Bonchev–Trinajstić information content (AvgIpc) is 3.21. The standard InChI is InChI=1S/C23H33NO4/c1-15(2)7-6-8-16(3)9-11-22(4,5)13-24-14-23-12-10-17(28-23)18(21(26)27)19(23)20(24)25/h7,9-10,12,17-19H,6,8,11,13-14H2,1-5H3,(H,26,27)/p-1/b16-9+/t17-,18+,19-,23+/m1/s1. The number of carbonyl (C=O) groups is 2. The minimum atomic E-state index is -1.19. The molecular formula is C23H32NO4-. The monoisotopic (exact) mass is 386 g/mol. The van der Waals surface area contributed by atoms with E-state index in [0.717, 1.165) is 19.3 Å². The Morgan fingerprint density at radius 3 is 2.71 bits per heavy atom. The summed E-state index contributed by atoms with van der Waals surface area (Å²) in [5.74, 6) is -2.82. The molecule has 154 valence electrons. The fourth-order valence-corrected chi connectivity index (χ4v) is 4.70. The van der Waals surface area contributed by atoms with Crippen LogP contribution in [0.3, 0.4) is 0 Å². The number of allylic oxidation sites excluding steroid dienone is 4. The fourth-order valence-electron chi connectivity index (χ4n) is 4.70. The third kappa shape index (κ3) is 3.95. The van der Waals surface area contributed by atoms with E-state index >= 15 is 0 Å². The molecule has 0 aromatic heterocycles. The molecule has 4 atom stereocenters. The molecule has 0 saturated carbocycles. The molecule has 2 saturated heterocycles. The summed E-state index contributed by atoms with van der Waals surface area (Å²) in [6, 6.07) is 0. The minimum Gasteiger partial charge on any atom is -0.550 e. The first-order chi connectivity index (χ1) is 13.0. The Morgan fingerprint density at radius 2 is 2.07 bits per heavy atom. The van der Waals surface area contributed by atoms with Gasteiger partial charge in [-0.25, -0.2) is 0 Å². The van der Waals surface area contributed by atoms with E-state index in [0.29, 0.717) is 13.1 Å². The van der Waals surface area contributed by atoms with Crippen molar-refractivity contribution in [1.82, 2.24) is 4.90 Å². The van der Waals surface area contributed by atoms with Gasteiger partial charge in [-0.1, -0.05) is 49.3 Å². The van der Waals surface area contributed by atoms with Crippen LogP contribution in [0, 0.1) is 17.3 Å². The molecule has 3 aliphatic rings. The summed E-state index contributed by atoms with van der Waals surface area (Å²) in [6.45, 7) is 11.7. The number of ether oxygens (including phenoxy) is 1. The minimum absolute atomic E-state index is 0.0958. The SMILES string of the molecule is CC(C)=CCC/C(C)=C/CC(C)(C)CN1C[C@]23C=C[C@@H](O2)[C@H](C(=O)[O-])[C@@H]3C1=O. The molecule has 1 amide bonds. The van der Waals surface area contributed by atoms with Crippen molar-refractivity contribution in [3.8, 4) is 0 Å². The van der Waals surface area contributed by atoms with Crippen molar-refractivity contribution in [2.45, 2.75) is 65.6 Å². The maximum atomic E-state index is 13.0. The Balaban J connectivity index is 1.62. The largest absolute Gasteiger partial charge is 0.550 e. The van der Waals surface area contributed by atoms with Crippen molar-refractivity contribution < 1.29 is 19.4 Å². The van der Waals surface area contributed by atoms with Gasteiger partial charge in [0.15, 0.2) is 0 Å². The van der Waals surface area contributed by atoms with Crippen molar-refractivity contribution >= 4 is 11.9 Å². The molecule has 28 heavy (non-hydrogen) atoms. The van der Waals surface area contributed by atoms with E-state index in [1.165, 1.54) is 11.1 Å². The lowest BCUT2D eigenvalue weighted by atomic mass is 9.77. The number of amides is 1. The first kappa shape index (κ1) is 20.8. The van der Waals surface area contributed by atoms with Gasteiger partial charge >= 0.3 is 0 Å². The van der Waals surface area contributed by atoms with E-state index in [-0.39, 0.29) is 11.3 Å². The molecule has 1 spiro atoms. The van der Waals surface area contributed by atoms with Crippen LogP contribution in [0.25, 0.3) is 0 Å². The summed E-state index contributed by atoms with van der Waals surface area (Å²) in [5, 5.41) is 11.6. The van der Waals surface area contributed by atoms with Gasteiger partial charge in [-0.05, 0) is 45.4 Å². The van der Waals surface area contributed by atoms with Gasteiger partial charge in [0.1, 0.15) is 5.60 Å². The third-order valence-corrected chi connectivity index (χ3v) is 6.16. The average molecular weight is 387 g/mol. The molecule has 2 bridgehead atoms. The van der Waals surface area contributed by atoms with Crippen molar-refractivity contribution in [3.63, 3.8) is 0 Å². The van der Waals surface area contributed by atoms with Crippen LogP contribution >= 0.6 is 0 Å². The number of carbonyl (C=O) groups excluding carboxylic acids is 2. The van der Waals surface area contributed by atoms with Gasteiger partial charge in [0.2, 0.25) is 5.91 Å². The summed E-state index contributed by atoms with van der Waals surface area (Å²) in [7, 11) is 0. The molecule has 0 aromatic rings. The van der Waals surface area contributed by atoms with E-state index in [9.17, 15) is 14.7 Å². The van der Waals surface area contributed by atoms with Crippen molar-refractivity contribution in [1.29, 1.82) is 0 Å². The lowest BCUT2D eigenvalue weighted by Gasteiger charge is -2.31. The molecule has 0 radical (unpaired) electrons. The zero-order valence-electron chi connectivity index (χ0n) is 17.7. The van der Waals surface area contributed by atoms with Crippen LogP contribution in [0.2, 0.25) is 0 Å². The predicted molar refractivity (Wildman–Crippen MR) is 106 cm³/mol. The smallest absolute Gasteiger partial charge is 0.229 e. The normalized spacial score (nSPS) is 31.5. The van der Waals surface area contributed by atoms with Crippen molar-refractivity contribution in [2.75, 3.05) is 13.1 Å². The molecule has 0 unspecified atom stereocenters. The number of hydrogen-bond acceptors (Lipinski definition) is 4. The topological polar surface area (TPSA) is 69.7 Å². The zero-order chi connectivity index (χ0) is 20.7. The van der Waals surface area contributed by atoms with Crippen LogP contribution in [-0.2, 0) is 14.3 Å². The number of rotatable bonds is 8. The summed E-state index contributed by atoms with van der Waals surface area (Å²) < 4.78 is 5.92. The quantitative estimate of drug-likeness (QED) is 0.601. The lowest BCUT2D eigenvalue weighted by molar-refractivity contribution is -0.313. The predicted octanol–water partition coefficient (Wildman–Crippen LogP) is 2.63. The summed E-state index contributed by atoms with van der Waals surface area (Å²) >= 11 is 0. The van der Waals surface area contributed by atoms with Gasteiger partial charge in [-0.2, -0.15) is 0 Å². The van der Waals surface area contributed by atoms with Gasteiger partial charge in [0.25, 0.3) is 0 Å². The highest BCUT2D eigenvalue weighted by Crippen LogP contribution is 2.52. The highest BCUT2D eigenvalue weighted by molar-refractivity contribution is 5.90. The van der Waals surface area contributed by atoms with E-state index < -0.39 is 29.5 Å². The van der Waals surface area contributed by atoms with Gasteiger partial charge in [0, 0.05) is 18.4 Å². The van der Waals surface area contributed by atoms with Gasteiger partial charge < -0.3 is 19.5 Å². The Kier molecular flexibility index (Phi) is 5.59. The molecule has 3 rings (SSSR count). The molecular weight excluding hydrogens is 354 g/mol. The van der Waals surface area contributed by atoms with Crippen LogP contribution in [0.4, 0.5) is 0 Å². The second-order valence-corrected chi connectivity index (χ2v) is 9.65. The Morgan fingerprint density at radius 1 is 1.36 bits per heavy atom. The summed E-state index contributed by atoms with van der Waals surface area (Å²) in [4.78, 5) is 26.4. The van der Waals surface area contributed by atoms with Gasteiger partial charge in [-0.15, -0.1) is 0 Å². The highest BCUT2D eigenvalue weighted by Gasteiger charge is 2.65. The van der Waals surface area contributed by atoms with Crippen molar-refractivity contribution in [2.24, 2.45) is 17.3 Å². The second kappa shape index (κ2) is 7.51. The zero-order valence-corrected chi connectivity index (χ0v) is 17.7. The highest BCUT2D eigenvalue weighted by atomic mass is 16.5. The first-order valence-electron chi connectivity index (χ1n) is 10.2.